The molecule has 0 atom stereocenters. The quantitative estimate of drug-likeness (QED) is 0.478. The fourth-order valence-electron chi connectivity index (χ4n) is 1.87. The van der Waals surface area contributed by atoms with Gasteiger partial charge in [0.05, 0.1) is 11.4 Å². The average molecular weight is 407 g/mol. The highest BCUT2D eigenvalue weighted by molar-refractivity contribution is 8.01. The van der Waals surface area contributed by atoms with Crippen LogP contribution in [0, 0.1) is 13.8 Å². The molecule has 0 spiro atoms. The van der Waals surface area contributed by atoms with Crippen molar-refractivity contribution in [2.45, 2.75) is 18.2 Å². The summed E-state index contributed by atoms with van der Waals surface area (Å²) in [7, 11) is 0. The Hall–Kier alpha value is -2.37. The van der Waals surface area contributed by atoms with Crippen molar-refractivity contribution in [1.82, 2.24) is 19.8 Å². The Balaban J connectivity index is 1.50. The van der Waals surface area contributed by atoms with Crippen molar-refractivity contribution < 1.29 is 9.59 Å². The van der Waals surface area contributed by atoms with Gasteiger partial charge in [0.2, 0.25) is 11.0 Å². The molecule has 1 aromatic carbocycles. The molecule has 2 aromatic heterocycles. The van der Waals surface area contributed by atoms with E-state index in [0.29, 0.717) is 20.0 Å². The number of aryl methyl sites for hydroxylation is 2. The van der Waals surface area contributed by atoms with Crippen LogP contribution < -0.4 is 10.6 Å². The number of hydrogen-bond acceptors (Lipinski definition) is 9. The lowest BCUT2D eigenvalue weighted by Gasteiger charge is -2.04. The number of rotatable bonds is 6. The molecule has 0 radical (unpaired) electrons. The second kappa shape index (κ2) is 8.34. The summed E-state index contributed by atoms with van der Waals surface area (Å²) in [6.45, 7) is 3.70. The van der Waals surface area contributed by atoms with Crippen LogP contribution in [0.1, 0.15) is 20.9 Å². The normalized spacial score (nSPS) is 10.5. The van der Waals surface area contributed by atoms with Crippen molar-refractivity contribution in [3.8, 4) is 0 Å². The average Bonchev–Trinajstić information content (AvgIpc) is 3.24. The van der Waals surface area contributed by atoms with Gasteiger partial charge >= 0.3 is 0 Å². The molecule has 134 valence electrons. The first-order chi connectivity index (χ1) is 12.5. The highest BCUT2D eigenvalue weighted by Crippen LogP contribution is 2.26. The van der Waals surface area contributed by atoms with Crippen LogP contribution in [0.2, 0.25) is 0 Å². The van der Waals surface area contributed by atoms with E-state index in [1.165, 1.54) is 23.1 Å². The molecule has 0 saturated heterocycles. The van der Waals surface area contributed by atoms with Gasteiger partial charge in [-0.05, 0) is 37.5 Å². The van der Waals surface area contributed by atoms with Gasteiger partial charge in [0.15, 0.2) is 4.34 Å². The van der Waals surface area contributed by atoms with E-state index in [4.69, 9.17) is 0 Å². The van der Waals surface area contributed by atoms with Crippen LogP contribution in [0.25, 0.3) is 0 Å². The molecular formula is C15H14N6O2S3. The summed E-state index contributed by atoms with van der Waals surface area (Å²) in [5.41, 5.74) is 2.45. The van der Waals surface area contributed by atoms with Crippen molar-refractivity contribution in [3.63, 3.8) is 0 Å². The molecule has 8 nitrogen and oxygen atoms in total. The molecule has 0 saturated carbocycles. The van der Waals surface area contributed by atoms with Gasteiger partial charge in [0, 0.05) is 5.69 Å². The molecule has 0 fully saturated rings. The van der Waals surface area contributed by atoms with Crippen LogP contribution in [0.4, 0.5) is 10.8 Å². The molecule has 26 heavy (non-hydrogen) atoms. The summed E-state index contributed by atoms with van der Waals surface area (Å²) in [5.74, 6) is -0.248. The van der Waals surface area contributed by atoms with Crippen LogP contribution >= 0.6 is 34.6 Å². The fourth-order valence-corrected chi connectivity index (χ4v) is 3.97. The molecule has 0 aliphatic heterocycles. The zero-order valence-electron chi connectivity index (χ0n) is 13.8. The van der Waals surface area contributed by atoms with E-state index in [1.54, 1.807) is 6.92 Å². The lowest BCUT2D eigenvalue weighted by molar-refractivity contribution is -0.113. The van der Waals surface area contributed by atoms with E-state index in [-0.39, 0.29) is 17.6 Å². The first kappa shape index (κ1) is 18.4. The third kappa shape index (κ3) is 4.84. The van der Waals surface area contributed by atoms with Gasteiger partial charge in [-0.15, -0.1) is 15.3 Å². The third-order valence-corrected chi connectivity index (χ3v) is 5.95. The Morgan fingerprint density at radius 1 is 1.08 bits per heavy atom. The highest BCUT2D eigenvalue weighted by atomic mass is 32.2. The lowest BCUT2D eigenvalue weighted by Crippen LogP contribution is -2.13. The predicted molar refractivity (Wildman–Crippen MR) is 103 cm³/mol. The Bertz CT molecular complexity index is 922. The van der Waals surface area contributed by atoms with Crippen LogP contribution in [0.3, 0.4) is 0 Å². The third-order valence-electron chi connectivity index (χ3n) is 3.15. The monoisotopic (exact) mass is 406 g/mol. The smallest absolute Gasteiger partial charge is 0.271 e. The fraction of sp³-hybridized carbons (Fsp3) is 0.200. The Morgan fingerprint density at radius 2 is 1.85 bits per heavy atom. The molecule has 2 amide bonds. The predicted octanol–water partition coefficient (Wildman–Crippen LogP) is 2.99. The molecular weight excluding hydrogens is 392 g/mol. The lowest BCUT2D eigenvalue weighted by atomic mass is 10.2. The Labute approximate surface area is 161 Å². The molecule has 3 aromatic rings. The molecule has 3 rings (SSSR count). The van der Waals surface area contributed by atoms with E-state index in [2.05, 4.69) is 30.4 Å². The zero-order valence-corrected chi connectivity index (χ0v) is 16.3. The van der Waals surface area contributed by atoms with E-state index in [9.17, 15) is 9.59 Å². The molecule has 11 heteroatoms. The molecule has 0 unspecified atom stereocenters. The standard InChI is InChI=1S/C15H14N6O2S3/c1-8-3-5-10(6-4-8)16-11(22)7-24-15-20-19-14(25-15)17-13(23)12-9(2)18-21-26-12/h3-6H,7H2,1-2H3,(H,16,22)(H,17,19,23). The van der Waals surface area contributed by atoms with Crippen LogP contribution in [0.5, 0.6) is 0 Å². The van der Waals surface area contributed by atoms with E-state index in [0.717, 1.165) is 22.8 Å². The molecule has 2 heterocycles. The largest absolute Gasteiger partial charge is 0.325 e. The van der Waals surface area contributed by atoms with Crippen molar-refractivity contribution in [3.05, 3.63) is 40.4 Å². The van der Waals surface area contributed by atoms with Gasteiger partial charge in [0.25, 0.3) is 5.91 Å². The van der Waals surface area contributed by atoms with Gasteiger partial charge in [-0.3, -0.25) is 14.9 Å². The first-order valence-electron chi connectivity index (χ1n) is 7.44. The molecule has 0 aliphatic rings. The maximum absolute atomic E-state index is 12.1. The second-order valence-corrected chi connectivity index (χ2v) is 8.17. The van der Waals surface area contributed by atoms with Crippen molar-refractivity contribution in [2.75, 3.05) is 16.4 Å². The minimum absolute atomic E-state index is 0.133. The molecule has 0 aliphatic carbocycles. The van der Waals surface area contributed by atoms with Gasteiger partial charge in [-0.1, -0.05) is 45.3 Å². The minimum Gasteiger partial charge on any atom is -0.325 e. The number of thioether (sulfide) groups is 1. The summed E-state index contributed by atoms with van der Waals surface area (Å²) in [6.07, 6.45) is 0. The second-order valence-electron chi connectivity index (χ2n) is 5.22. The summed E-state index contributed by atoms with van der Waals surface area (Å²) < 4.78 is 4.32. The van der Waals surface area contributed by atoms with E-state index in [1.807, 2.05) is 31.2 Å². The minimum atomic E-state index is -0.317. The van der Waals surface area contributed by atoms with Crippen LogP contribution in [0.15, 0.2) is 28.6 Å². The topological polar surface area (TPSA) is 110 Å². The number of aromatic nitrogens is 4. The van der Waals surface area contributed by atoms with Crippen LogP contribution in [-0.2, 0) is 4.79 Å². The number of carbonyl (C=O) groups is 2. The van der Waals surface area contributed by atoms with Gasteiger partial charge in [0.1, 0.15) is 4.88 Å². The van der Waals surface area contributed by atoms with Crippen molar-refractivity contribution >= 4 is 57.3 Å². The molecule has 0 bridgehead atoms. The summed E-state index contributed by atoms with van der Waals surface area (Å²) in [4.78, 5) is 24.5. The molecule has 2 N–H and O–H groups in total. The van der Waals surface area contributed by atoms with Crippen molar-refractivity contribution in [1.29, 1.82) is 0 Å². The van der Waals surface area contributed by atoms with Gasteiger partial charge in [-0.25, -0.2) is 0 Å². The van der Waals surface area contributed by atoms with Crippen LogP contribution in [-0.4, -0.2) is 37.4 Å². The summed E-state index contributed by atoms with van der Waals surface area (Å²) >= 11 is 3.49. The Morgan fingerprint density at radius 3 is 2.54 bits per heavy atom. The maximum atomic E-state index is 12.1. The SMILES string of the molecule is Cc1ccc(NC(=O)CSc2nnc(NC(=O)c3snnc3C)s2)cc1. The summed E-state index contributed by atoms with van der Waals surface area (Å²) in [5, 5.41) is 17.5. The number of anilines is 2. The summed E-state index contributed by atoms with van der Waals surface area (Å²) in [6, 6.07) is 7.57. The first-order valence-corrected chi connectivity index (χ1v) is 10.0. The number of nitrogens with one attached hydrogen (secondary N) is 2. The maximum Gasteiger partial charge on any atom is 0.271 e. The number of carbonyl (C=O) groups excluding carboxylic acids is 2. The highest BCUT2D eigenvalue weighted by Gasteiger charge is 2.16. The number of benzene rings is 1. The van der Waals surface area contributed by atoms with E-state index >= 15 is 0 Å². The number of hydrogen-bond donors (Lipinski definition) is 2. The van der Waals surface area contributed by atoms with Gasteiger partial charge in [-0.2, -0.15) is 0 Å². The Kier molecular flexibility index (Phi) is 5.91. The van der Waals surface area contributed by atoms with Crippen molar-refractivity contribution in [2.24, 2.45) is 0 Å². The zero-order chi connectivity index (χ0) is 18.5. The van der Waals surface area contributed by atoms with E-state index < -0.39 is 0 Å². The number of amides is 2. The van der Waals surface area contributed by atoms with Gasteiger partial charge < -0.3 is 5.32 Å². The number of nitrogens with zero attached hydrogens (tertiary/aromatic N) is 4.